The van der Waals surface area contributed by atoms with Gasteiger partial charge in [-0.1, -0.05) is 29.8 Å². The van der Waals surface area contributed by atoms with Gasteiger partial charge in [-0.15, -0.1) is 0 Å². The minimum Gasteiger partial charge on any atom is -0.479 e. The quantitative estimate of drug-likeness (QED) is 0.917. The van der Waals surface area contributed by atoms with Crippen molar-refractivity contribution in [1.82, 2.24) is 5.32 Å². The molecule has 2 aliphatic rings. The van der Waals surface area contributed by atoms with Crippen molar-refractivity contribution in [2.45, 2.75) is 6.54 Å². The Balaban J connectivity index is 1.66. The van der Waals surface area contributed by atoms with Crippen LogP contribution in [0.4, 0.5) is 11.4 Å². The number of rotatable bonds is 3. The predicted octanol–water partition coefficient (Wildman–Crippen LogP) is 2.68. The summed E-state index contributed by atoms with van der Waals surface area (Å²) in [6.07, 6.45) is 0. The summed E-state index contributed by atoms with van der Waals surface area (Å²) in [7, 11) is 0. The van der Waals surface area contributed by atoms with E-state index in [-0.39, 0.29) is 12.5 Å². The third-order valence-corrected chi connectivity index (χ3v) is 4.87. The summed E-state index contributed by atoms with van der Waals surface area (Å²) in [5, 5.41) is 4.05. The van der Waals surface area contributed by atoms with Gasteiger partial charge in [-0.3, -0.25) is 4.79 Å². The van der Waals surface area contributed by atoms with Gasteiger partial charge in [0.1, 0.15) is 0 Å². The molecule has 1 amide bonds. The van der Waals surface area contributed by atoms with Gasteiger partial charge in [-0.25, -0.2) is 0 Å². The summed E-state index contributed by atoms with van der Waals surface area (Å²) in [6.45, 7) is 4.37. The van der Waals surface area contributed by atoms with Gasteiger partial charge in [0.05, 0.1) is 17.9 Å². The number of piperazine rings is 1. The maximum absolute atomic E-state index is 12.5. The number of para-hydroxylation sites is 1. The SMILES string of the molecule is O=C1COc2c(N3CCNCC3)cccc2N1Cc1ccc(Cl)cc1. The lowest BCUT2D eigenvalue weighted by atomic mass is 10.1. The molecule has 0 aromatic heterocycles. The number of carbonyl (C=O) groups is 1. The van der Waals surface area contributed by atoms with Gasteiger partial charge in [0, 0.05) is 31.2 Å². The van der Waals surface area contributed by atoms with Crippen molar-refractivity contribution in [2.24, 2.45) is 0 Å². The van der Waals surface area contributed by atoms with E-state index in [1.165, 1.54) is 0 Å². The topological polar surface area (TPSA) is 44.8 Å². The second-order valence-corrected chi connectivity index (χ2v) is 6.69. The zero-order valence-corrected chi connectivity index (χ0v) is 14.6. The first kappa shape index (κ1) is 16.2. The number of carbonyl (C=O) groups excluding carboxylic acids is 1. The Kier molecular flexibility index (Phi) is 4.51. The number of hydrogen-bond donors (Lipinski definition) is 1. The van der Waals surface area contributed by atoms with Crippen LogP contribution in [0.2, 0.25) is 5.02 Å². The summed E-state index contributed by atoms with van der Waals surface area (Å²) in [6, 6.07) is 13.6. The number of nitrogens with one attached hydrogen (secondary N) is 1. The van der Waals surface area contributed by atoms with Crippen LogP contribution in [-0.2, 0) is 11.3 Å². The van der Waals surface area contributed by atoms with Gasteiger partial charge in [0.15, 0.2) is 12.4 Å². The van der Waals surface area contributed by atoms with Crippen molar-refractivity contribution in [3.05, 3.63) is 53.1 Å². The highest BCUT2D eigenvalue weighted by atomic mass is 35.5. The Morgan fingerprint density at radius 2 is 1.76 bits per heavy atom. The molecule has 2 heterocycles. The van der Waals surface area contributed by atoms with Crippen molar-refractivity contribution in [2.75, 3.05) is 42.6 Å². The highest BCUT2D eigenvalue weighted by molar-refractivity contribution is 6.30. The molecule has 1 fully saturated rings. The monoisotopic (exact) mass is 357 g/mol. The fourth-order valence-electron chi connectivity index (χ4n) is 3.32. The number of hydrogen-bond acceptors (Lipinski definition) is 4. The molecule has 0 radical (unpaired) electrons. The summed E-state index contributed by atoms with van der Waals surface area (Å²) in [4.78, 5) is 16.6. The van der Waals surface area contributed by atoms with E-state index in [1.54, 1.807) is 4.90 Å². The molecule has 2 aromatic rings. The zero-order valence-electron chi connectivity index (χ0n) is 13.9. The van der Waals surface area contributed by atoms with Gasteiger partial charge in [0.25, 0.3) is 5.91 Å². The number of nitrogens with zero attached hydrogens (tertiary/aromatic N) is 2. The van der Waals surface area contributed by atoms with E-state index >= 15 is 0 Å². The Morgan fingerprint density at radius 3 is 2.52 bits per heavy atom. The van der Waals surface area contributed by atoms with Crippen molar-refractivity contribution in [3.8, 4) is 5.75 Å². The molecule has 5 nitrogen and oxygen atoms in total. The molecule has 0 unspecified atom stereocenters. The van der Waals surface area contributed by atoms with Crippen molar-refractivity contribution < 1.29 is 9.53 Å². The molecule has 2 aliphatic heterocycles. The molecule has 0 atom stereocenters. The Morgan fingerprint density at radius 1 is 1.04 bits per heavy atom. The molecule has 0 bridgehead atoms. The van der Waals surface area contributed by atoms with Gasteiger partial charge < -0.3 is 19.9 Å². The molecule has 6 heteroatoms. The molecule has 1 N–H and O–H groups in total. The summed E-state index contributed by atoms with van der Waals surface area (Å²) < 4.78 is 5.83. The predicted molar refractivity (Wildman–Crippen MR) is 99.7 cm³/mol. The average Bonchev–Trinajstić information content (AvgIpc) is 2.66. The zero-order chi connectivity index (χ0) is 17.2. The van der Waals surface area contributed by atoms with E-state index in [4.69, 9.17) is 16.3 Å². The molecule has 130 valence electrons. The summed E-state index contributed by atoms with van der Waals surface area (Å²) >= 11 is 5.96. The highest BCUT2D eigenvalue weighted by Gasteiger charge is 2.29. The molecule has 0 aliphatic carbocycles. The highest BCUT2D eigenvalue weighted by Crippen LogP contribution is 2.41. The maximum atomic E-state index is 12.5. The molecule has 2 aromatic carbocycles. The molecule has 0 saturated carbocycles. The van der Waals surface area contributed by atoms with E-state index < -0.39 is 0 Å². The van der Waals surface area contributed by atoms with E-state index in [0.29, 0.717) is 11.6 Å². The van der Waals surface area contributed by atoms with Crippen molar-refractivity contribution in [3.63, 3.8) is 0 Å². The number of amides is 1. The molecular weight excluding hydrogens is 338 g/mol. The van der Waals surface area contributed by atoms with E-state index in [0.717, 1.165) is 48.9 Å². The smallest absolute Gasteiger partial charge is 0.265 e. The van der Waals surface area contributed by atoms with E-state index in [2.05, 4.69) is 16.3 Å². The normalized spacial score (nSPS) is 17.2. The Bertz CT molecular complexity index is 773. The number of halogens is 1. The van der Waals surface area contributed by atoms with Crippen molar-refractivity contribution >= 4 is 28.9 Å². The lowest BCUT2D eigenvalue weighted by Crippen LogP contribution is -2.44. The van der Waals surface area contributed by atoms with Gasteiger partial charge in [-0.2, -0.15) is 0 Å². The maximum Gasteiger partial charge on any atom is 0.265 e. The largest absolute Gasteiger partial charge is 0.479 e. The standard InChI is InChI=1S/C19H20ClN3O2/c20-15-6-4-14(5-7-15)12-23-17-3-1-2-16(19(17)25-13-18(23)24)22-10-8-21-9-11-22/h1-7,21H,8-13H2. The van der Waals surface area contributed by atoms with Gasteiger partial charge >= 0.3 is 0 Å². The Labute approximate surface area is 152 Å². The number of fused-ring (bicyclic) bond motifs is 1. The number of ether oxygens (including phenoxy) is 1. The molecule has 4 rings (SSSR count). The average molecular weight is 358 g/mol. The van der Waals surface area contributed by atoms with Crippen LogP contribution in [0.5, 0.6) is 5.75 Å². The van der Waals surface area contributed by atoms with Crippen LogP contribution in [0.1, 0.15) is 5.56 Å². The van der Waals surface area contributed by atoms with Crippen LogP contribution < -0.4 is 19.9 Å². The number of benzene rings is 2. The minimum absolute atomic E-state index is 0.0279. The van der Waals surface area contributed by atoms with Crippen LogP contribution in [0.15, 0.2) is 42.5 Å². The molecule has 0 spiro atoms. The van der Waals surface area contributed by atoms with Gasteiger partial charge in [-0.05, 0) is 29.8 Å². The third kappa shape index (κ3) is 3.30. The third-order valence-electron chi connectivity index (χ3n) is 4.62. The second kappa shape index (κ2) is 6.94. The first-order chi connectivity index (χ1) is 12.2. The van der Waals surface area contributed by atoms with Crippen molar-refractivity contribution in [1.29, 1.82) is 0 Å². The molecule has 1 saturated heterocycles. The van der Waals surface area contributed by atoms with Crippen LogP contribution in [0, 0.1) is 0 Å². The van der Waals surface area contributed by atoms with E-state index in [1.807, 2.05) is 36.4 Å². The van der Waals surface area contributed by atoms with Crippen LogP contribution in [-0.4, -0.2) is 38.7 Å². The molecular formula is C19H20ClN3O2. The minimum atomic E-state index is -0.0279. The van der Waals surface area contributed by atoms with Crippen LogP contribution >= 0.6 is 11.6 Å². The first-order valence-corrected chi connectivity index (χ1v) is 8.86. The number of anilines is 2. The van der Waals surface area contributed by atoms with Gasteiger partial charge in [0.2, 0.25) is 0 Å². The summed E-state index contributed by atoms with van der Waals surface area (Å²) in [5.74, 6) is 0.776. The fourth-order valence-corrected chi connectivity index (χ4v) is 3.45. The lowest BCUT2D eigenvalue weighted by molar-refractivity contribution is -0.121. The fraction of sp³-hybridized carbons (Fsp3) is 0.316. The van der Waals surface area contributed by atoms with E-state index in [9.17, 15) is 4.79 Å². The summed E-state index contributed by atoms with van der Waals surface area (Å²) in [5.41, 5.74) is 2.94. The van der Waals surface area contributed by atoms with Crippen LogP contribution in [0.3, 0.4) is 0 Å². The molecule has 25 heavy (non-hydrogen) atoms. The lowest BCUT2D eigenvalue weighted by Gasteiger charge is -2.35. The Hall–Kier alpha value is -2.24. The first-order valence-electron chi connectivity index (χ1n) is 8.49. The second-order valence-electron chi connectivity index (χ2n) is 6.26. The van der Waals surface area contributed by atoms with Crippen LogP contribution in [0.25, 0.3) is 0 Å².